The minimum atomic E-state index is -0.704. The van der Waals surface area contributed by atoms with E-state index in [1.807, 2.05) is 72.8 Å². The lowest BCUT2D eigenvalue weighted by molar-refractivity contribution is -0.125. The molecule has 1 fully saturated rings. The molecule has 2 unspecified atom stereocenters. The van der Waals surface area contributed by atoms with Crippen molar-refractivity contribution >= 4 is 23.6 Å². The van der Waals surface area contributed by atoms with Crippen molar-refractivity contribution < 1.29 is 14.0 Å². The molecule has 2 amide bonds. The van der Waals surface area contributed by atoms with E-state index < -0.39 is 11.9 Å². The molecule has 1 saturated heterocycles. The average Bonchev–Trinajstić information content (AvgIpc) is 3.42. The van der Waals surface area contributed by atoms with Crippen molar-refractivity contribution in [2.75, 3.05) is 5.75 Å². The van der Waals surface area contributed by atoms with Gasteiger partial charge in [0.2, 0.25) is 5.91 Å². The van der Waals surface area contributed by atoms with Crippen molar-refractivity contribution in [2.45, 2.75) is 43.6 Å². The number of amides is 2. The SMILES string of the molecule is CC(C)(C)c1ccc(C2SCC(C(=O)NC(c3ccccc3)c3ccccc3)N2C(=O)c2ccc(F)cc2)cc1. The van der Waals surface area contributed by atoms with Crippen LogP contribution in [0.1, 0.15) is 64.8 Å². The molecule has 1 heterocycles. The van der Waals surface area contributed by atoms with Gasteiger partial charge >= 0.3 is 0 Å². The van der Waals surface area contributed by atoms with Gasteiger partial charge in [-0.2, -0.15) is 0 Å². The summed E-state index contributed by atoms with van der Waals surface area (Å²) in [5.74, 6) is -0.495. The topological polar surface area (TPSA) is 49.4 Å². The first-order chi connectivity index (χ1) is 19.2. The van der Waals surface area contributed by atoms with Gasteiger partial charge in [0.05, 0.1) is 6.04 Å². The quantitative estimate of drug-likeness (QED) is 0.273. The zero-order valence-corrected chi connectivity index (χ0v) is 23.7. The number of hydrogen-bond donors (Lipinski definition) is 1. The molecule has 0 bridgehead atoms. The van der Waals surface area contributed by atoms with Gasteiger partial charge in [0.25, 0.3) is 5.91 Å². The zero-order chi connectivity index (χ0) is 28.3. The number of hydrogen-bond acceptors (Lipinski definition) is 3. The lowest BCUT2D eigenvalue weighted by atomic mass is 9.86. The van der Waals surface area contributed by atoms with Crippen LogP contribution in [0, 0.1) is 5.82 Å². The highest BCUT2D eigenvalue weighted by Gasteiger charge is 2.43. The molecule has 0 aliphatic carbocycles. The Hall–Kier alpha value is -3.90. The summed E-state index contributed by atoms with van der Waals surface area (Å²) < 4.78 is 13.7. The summed E-state index contributed by atoms with van der Waals surface area (Å²) in [6.07, 6.45) is 0. The summed E-state index contributed by atoms with van der Waals surface area (Å²) in [5.41, 5.74) is 4.40. The summed E-state index contributed by atoms with van der Waals surface area (Å²) in [6, 6.07) is 32.3. The molecule has 5 rings (SSSR count). The van der Waals surface area contributed by atoms with Gasteiger partial charge < -0.3 is 10.2 Å². The summed E-state index contributed by atoms with van der Waals surface area (Å²) in [7, 11) is 0. The third kappa shape index (κ3) is 5.97. The highest BCUT2D eigenvalue weighted by atomic mass is 32.2. The van der Waals surface area contributed by atoms with Gasteiger partial charge in [0, 0.05) is 11.3 Å². The number of carbonyl (C=O) groups is 2. The monoisotopic (exact) mass is 552 g/mol. The minimum absolute atomic E-state index is 0.00270. The molecular weight excluding hydrogens is 519 g/mol. The Labute approximate surface area is 239 Å². The molecule has 0 radical (unpaired) electrons. The Balaban J connectivity index is 1.48. The van der Waals surface area contributed by atoms with Crippen molar-refractivity contribution in [3.63, 3.8) is 0 Å². The summed E-state index contributed by atoms with van der Waals surface area (Å²) >= 11 is 1.57. The van der Waals surface area contributed by atoms with Gasteiger partial charge in [-0.15, -0.1) is 11.8 Å². The molecule has 2 atom stereocenters. The van der Waals surface area contributed by atoms with Crippen LogP contribution in [0.15, 0.2) is 109 Å². The number of nitrogens with zero attached hydrogens (tertiary/aromatic N) is 1. The molecule has 0 saturated carbocycles. The van der Waals surface area contributed by atoms with E-state index in [0.29, 0.717) is 11.3 Å². The van der Waals surface area contributed by atoms with Gasteiger partial charge in [-0.1, -0.05) is 106 Å². The van der Waals surface area contributed by atoms with Crippen LogP contribution in [0.3, 0.4) is 0 Å². The smallest absolute Gasteiger partial charge is 0.255 e. The molecule has 1 aliphatic rings. The normalized spacial score (nSPS) is 17.2. The van der Waals surface area contributed by atoms with E-state index in [4.69, 9.17) is 0 Å². The molecule has 4 aromatic carbocycles. The fraction of sp³-hybridized carbons (Fsp3) is 0.235. The summed E-state index contributed by atoms with van der Waals surface area (Å²) in [4.78, 5) is 29.6. The van der Waals surface area contributed by atoms with Crippen molar-refractivity contribution in [1.29, 1.82) is 0 Å². The molecular formula is C34H33FN2O2S. The van der Waals surface area contributed by atoms with Crippen LogP contribution in [0.5, 0.6) is 0 Å². The van der Waals surface area contributed by atoms with Crippen LogP contribution in [-0.4, -0.2) is 28.5 Å². The molecule has 1 N–H and O–H groups in total. The van der Waals surface area contributed by atoms with Crippen LogP contribution < -0.4 is 5.32 Å². The third-order valence-electron chi connectivity index (χ3n) is 7.24. The predicted octanol–water partition coefficient (Wildman–Crippen LogP) is 7.29. The number of halogens is 1. The molecule has 0 aromatic heterocycles. The summed E-state index contributed by atoms with van der Waals surface area (Å²) in [6.45, 7) is 6.48. The Morgan fingerprint density at radius 3 is 1.90 bits per heavy atom. The van der Waals surface area contributed by atoms with Crippen LogP contribution in [0.2, 0.25) is 0 Å². The van der Waals surface area contributed by atoms with E-state index in [2.05, 4.69) is 38.2 Å². The lowest BCUT2D eigenvalue weighted by Crippen LogP contribution is -2.49. The van der Waals surface area contributed by atoms with E-state index in [1.54, 1.807) is 16.7 Å². The zero-order valence-electron chi connectivity index (χ0n) is 22.9. The Bertz CT molecular complexity index is 1410. The van der Waals surface area contributed by atoms with Crippen molar-refractivity contribution in [3.8, 4) is 0 Å². The second kappa shape index (κ2) is 11.7. The molecule has 6 heteroatoms. The van der Waals surface area contributed by atoms with E-state index >= 15 is 0 Å². The first kappa shape index (κ1) is 27.7. The Morgan fingerprint density at radius 1 is 0.825 bits per heavy atom. The van der Waals surface area contributed by atoms with Crippen LogP contribution >= 0.6 is 11.8 Å². The maximum Gasteiger partial charge on any atom is 0.255 e. The first-order valence-corrected chi connectivity index (χ1v) is 14.5. The third-order valence-corrected chi connectivity index (χ3v) is 8.57. The van der Waals surface area contributed by atoms with Gasteiger partial charge in [-0.05, 0) is 51.9 Å². The minimum Gasteiger partial charge on any atom is -0.343 e. The van der Waals surface area contributed by atoms with Crippen molar-refractivity contribution in [3.05, 3.63) is 143 Å². The van der Waals surface area contributed by atoms with E-state index in [1.165, 1.54) is 29.8 Å². The highest BCUT2D eigenvalue weighted by molar-refractivity contribution is 7.99. The Kier molecular flexibility index (Phi) is 8.08. The van der Waals surface area contributed by atoms with E-state index in [0.717, 1.165) is 16.7 Å². The number of benzene rings is 4. The predicted molar refractivity (Wildman–Crippen MR) is 160 cm³/mol. The van der Waals surface area contributed by atoms with Crippen LogP contribution in [0.25, 0.3) is 0 Å². The number of nitrogens with one attached hydrogen (secondary N) is 1. The molecule has 1 aliphatic heterocycles. The van der Waals surface area contributed by atoms with Gasteiger partial charge in [0.1, 0.15) is 17.2 Å². The second-order valence-corrected chi connectivity index (χ2v) is 12.2. The largest absolute Gasteiger partial charge is 0.343 e. The molecule has 204 valence electrons. The number of thioether (sulfide) groups is 1. The standard InChI is InChI=1S/C34H33FN2O2S/c1-34(2,3)27-18-14-26(15-19-27)33-37(32(39)25-16-20-28(35)21-17-25)29(22-40-33)31(38)36-30(23-10-6-4-7-11-23)24-12-8-5-9-13-24/h4-21,29-30,33H,22H2,1-3H3,(H,36,38). The maximum absolute atomic E-state index is 14.0. The van der Waals surface area contributed by atoms with Gasteiger partial charge in [0.15, 0.2) is 0 Å². The summed E-state index contributed by atoms with van der Waals surface area (Å²) in [5, 5.41) is 2.88. The van der Waals surface area contributed by atoms with Crippen LogP contribution in [-0.2, 0) is 10.2 Å². The van der Waals surface area contributed by atoms with Crippen molar-refractivity contribution in [2.24, 2.45) is 0 Å². The average molecular weight is 553 g/mol. The molecule has 0 spiro atoms. The van der Waals surface area contributed by atoms with Crippen molar-refractivity contribution in [1.82, 2.24) is 10.2 Å². The number of carbonyl (C=O) groups excluding carboxylic acids is 2. The number of rotatable bonds is 6. The second-order valence-electron chi connectivity index (χ2n) is 11.1. The lowest BCUT2D eigenvalue weighted by Gasteiger charge is -2.31. The first-order valence-electron chi connectivity index (χ1n) is 13.4. The molecule has 40 heavy (non-hydrogen) atoms. The van der Waals surface area contributed by atoms with Crippen LogP contribution in [0.4, 0.5) is 4.39 Å². The fourth-order valence-electron chi connectivity index (χ4n) is 4.99. The van der Waals surface area contributed by atoms with Gasteiger partial charge in [-0.3, -0.25) is 9.59 Å². The molecule has 4 aromatic rings. The fourth-order valence-corrected chi connectivity index (χ4v) is 6.42. The van der Waals surface area contributed by atoms with E-state index in [-0.39, 0.29) is 28.6 Å². The highest BCUT2D eigenvalue weighted by Crippen LogP contribution is 2.43. The molecule has 4 nitrogen and oxygen atoms in total. The Morgan fingerprint density at radius 2 is 1.38 bits per heavy atom. The van der Waals surface area contributed by atoms with E-state index in [9.17, 15) is 14.0 Å². The maximum atomic E-state index is 14.0. The van der Waals surface area contributed by atoms with Gasteiger partial charge in [-0.25, -0.2) is 4.39 Å².